The number of phenolic OH excluding ortho intramolecular Hbond substituents is 3. The number of Topliss-reactive ketones (excluding diaryl/α,β-unsaturated/α-hetero) is 1. The number of rotatable bonds is 2. The molecule has 0 spiro atoms. The molecule has 1 aliphatic rings. The number of fused-ring (bicyclic) bond motifs is 1. The average Bonchev–Trinajstić information content (AvgIpc) is 2.77. The molecule has 0 atom stereocenters. The molecule has 112 valence electrons. The van der Waals surface area contributed by atoms with Gasteiger partial charge in [0.05, 0.1) is 11.2 Å². The Morgan fingerprint density at radius 2 is 2.00 bits per heavy atom. The Morgan fingerprint density at radius 3 is 2.73 bits per heavy atom. The summed E-state index contributed by atoms with van der Waals surface area (Å²) >= 11 is 0. The lowest BCUT2D eigenvalue weighted by molar-refractivity contribution is 0.101. The van der Waals surface area contributed by atoms with Crippen molar-refractivity contribution < 1.29 is 33.7 Å². The van der Waals surface area contributed by atoms with Crippen molar-refractivity contribution in [1.82, 2.24) is 0 Å². The molecule has 1 aliphatic heterocycles. The molecule has 0 fully saturated rings. The molecule has 2 aromatic carbocycles. The predicted octanol–water partition coefficient (Wildman–Crippen LogP) is 2.43. The molecule has 3 rings (SSSR count). The van der Waals surface area contributed by atoms with E-state index >= 15 is 0 Å². The fourth-order valence-corrected chi connectivity index (χ4v) is 2.14. The third-order valence-electron chi connectivity index (χ3n) is 3.13. The van der Waals surface area contributed by atoms with Crippen molar-refractivity contribution in [1.29, 1.82) is 0 Å². The highest BCUT2D eigenvalue weighted by molar-refractivity contribution is 6.16. The number of aromatic hydroxyl groups is 3. The Labute approximate surface area is 129 Å². The molecule has 0 radical (unpaired) electrons. The number of carbonyl (C=O) groups excluding carboxylic acids is 1. The number of allylic oxidation sites excluding steroid dienone is 1. The minimum absolute atomic E-state index is 0.0142. The maximum atomic E-state index is 12.3. The van der Waals surface area contributed by atoms with Crippen LogP contribution in [0, 0.1) is 0 Å². The number of ketones is 1. The van der Waals surface area contributed by atoms with Gasteiger partial charge in [-0.3, -0.25) is 4.79 Å². The molecule has 0 aliphatic carbocycles. The molecule has 2 aromatic rings. The largest absolute Gasteiger partial charge is 0.508 e. The van der Waals surface area contributed by atoms with E-state index in [2.05, 4.69) is 4.74 Å². The van der Waals surface area contributed by atoms with Gasteiger partial charge in [0, 0.05) is 12.1 Å². The van der Waals surface area contributed by atoms with E-state index in [0.29, 0.717) is 5.56 Å². The quantitative estimate of drug-likeness (QED) is 0.737. The van der Waals surface area contributed by atoms with E-state index in [1.165, 1.54) is 30.3 Å². The Morgan fingerprint density at radius 1 is 1.18 bits per heavy atom. The summed E-state index contributed by atoms with van der Waals surface area (Å²) in [4.78, 5) is 12.3. The van der Waals surface area contributed by atoms with Crippen molar-refractivity contribution in [2.45, 2.75) is 0 Å². The van der Waals surface area contributed by atoms with Gasteiger partial charge in [0.25, 0.3) is 0 Å². The minimum Gasteiger partial charge on any atom is -0.508 e. The average molecular weight is 303 g/mol. The smallest absolute Gasteiger partial charge is 0.235 e. The molecule has 0 amide bonds. The van der Waals surface area contributed by atoms with Crippen molar-refractivity contribution in [3.63, 3.8) is 0 Å². The number of hydrogen-bond acceptors (Lipinski definition) is 6. The summed E-state index contributed by atoms with van der Waals surface area (Å²) in [6, 6.07) is 6.08. The number of methoxy groups -OCH3 is 1. The maximum Gasteiger partial charge on any atom is 0.235 e. The molecule has 0 saturated heterocycles. The fraction of sp³-hybridized carbons (Fsp3) is 0.0625. The zero-order valence-corrected chi connectivity index (χ0v) is 11.0. The molecular weight excluding hydrogens is 288 g/mol. The van der Waals surface area contributed by atoms with Gasteiger partial charge in [0.1, 0.15) is 22.8 Å². The van der Waals surface area contributed by atoms with E-state index in [-0.39, 0.29) is 28.6 Å². The second-order valence-electron chi connectivity index (χ2n) is 4.61. The highest BCUT2D eigenvalue weighted by atomic mass is 16.5. The van der Waals surface area contributed by atoms with Crippen LogP contribution in [0.15, 0.2) is 36.1 Å². The summed E-state index contributed by atoms with van der Waals surface area (Å²) in [5.74, 6) is -2.02. The molecule has 0 bridgehead atoms. The molecule has 0 aromatic heterocycles. The van der Waals surface area contributed by atoms with Gasteiger partial charge in [-0.05, 0) is 23.8 Å². The van der Waals surface area contributed by atoms with E-state index in [1.54, 1.807) is 0 Å². The number of benzene rings is 2. The van der Waals surface area contributed by atoms with Gasteiger partial charge in [-0.15, -0.1) is 0 Å². The van der Waals surface area contributed by atoms with Crippen LogP contribution >= 0.6 is 0 Å². The van der Waals surface area contributed by atoms with Gasteiger partial charge in [-0.2, -0.15) is 0 Å². The van der Waals surface area contributed by atoms with Gasteiger partial charge in [-0.25, -0.2) is 0 Å². The van der Waals surface area contributed by atoms with E-state index < -0.39 is 24.3 Å². The van der Waals surface area contributed by atoms with E-state index in [0.717, 1.165) is 6.07 Å². The van der Waals surface area contributed by atoms with E-state index in [9.17, 15) is 20.1 Å². The van der Waals surface area contributed by atoms with Crippen LogP contribution < -0.4 is 9.47 Å². The SMILES string of the molecule is [2H]C([2H])([2H])Oc1ccc(/C=C2\Oc3cc(O)cc(O)c3C2=O)cc1O. The van der Waals surface area contributed by atoms with Gasteiger partial charge in [0.2, 0.25) is 5.78 Å². The van der Waals surface area contributed by atoms with Crippen LogP contribution in [0.2, 0.25) is 0 Å². The van der Waals surface area contributed by atoms with Crippen molar-refractivity contribution in [2.24, 2.45) is 0 Å². The molecule has 3 N–H and O–H groups in total. The molecule has 6 heteroatoms. The first kappa shape index (κ1) is 10.6. The predicted molar refractivity (Wildman–Crippen MR) is 77.4 cm³/mol. The third-order valence-corrected chi connectivity index (χ3v) is 3.13. The first-order valence-electron chi connectivity index (χ1n) is 7.66. The fourth-order valence-electron chi connectivity index (χ4n) is 2.14. The van der Waals surface area contributed by atoms with Crippen LogP contribution in [-0.2, 0) is 0 Å². The Balaban J connectivity index is 1.91. The van der Waals surface area contributed by atoms with Crippen LogP contribution in [0.25, 0.3) is 6.08 Å². The molecular formula is C16H12O6. The van der Waals surface area contributed by atoms with Crippen LogP contribution in [0.4, 0.5) is 0 Å². The number of ether oxygens (including phenoxy) is 2. The van der Waals surface area contributed by atoms with Gasteiger partial charge in [0.15, 0.2) is 17.3 Å². The van der Waals surface area contributed by atoms with Gasteiger partial charge in [-0.1, -0.05) is 6.07 Å². The van der Waals surface area contributed by atoms with Crippen molar-refractivity contribution in [2.75, 3.05) is 7.04 Å². The number of phenols is 3. The first-order chi connectivity index (χ1) is 11.6. The summed E-state index contributed by atoms with van der Waals surface area (Å²) < 4.78 is 31.0. The number of hydrogen-bond donors (Lipinski definition) is 3. The maximum absolute atomic E-state index is 12.3. The van der Waals surface area contributed by atoms with Crippen LogP contribution in [0.3, 0.4) is 0 Å². The molecule has 22 heavy (non-hydrogen) atoms. The lowest BCUT2D eigenvalue weighted by Crippen LogP contribution is -1.98. The number of carbonyl (C=O) groups is 1. The standard InChI is InChI=1S/C16H12O6/c1-21-12-3-2-8(4-10(12)18)5-14-16(20)15-11(19)6-9(17)7-13(15)22-14/h2-7,17-19H,1H3/b14-5-/i1D3. The Bertz CT molecular complexity index is 901. The molecule has 1 heterocycles. The summed E-state index contributed by atoms with van der Waals surface area (Å²) in [6.45, 7) is 0. The third kappa shape index (κ3) is 2.20. The lowest BCUT2D eigenvalue weighted by Gasteiger charge is -2.04. The highest BCUT2D eigenvalue weighted by Crippen LogP contribution is 2.40. The molecule has 6 nitrogen and oxygen atoms in total. The van der Waals surface area contributed by atoms with Crippen LogP contribution in [0.5, 0.6) is 28.7 Å². The summed E-state index contributed by atoms with van der Waals surface area (Å²) in [5, 5.41) is 29.0. The highest BCUT2D eigenvalue weighted by Gasteiger charge is 2.31. The summed E-state index contributed by atoms with van der Waals surface area (Å²) in [6.07, 6.45) is 1.30. The van der Waals surface area contributed by atoms with Crippen LogP contribution in [-0.4, -0.2) is 28.1 Å². The van der Waals surface area contributed by atoms with Crippen molar-refractivity contribution in [3.8, 4) is 28.7 Å². The lowest BCUT2D eigenvalue weighted by atomic mass is 10.1. The summed E-state index contributed by atoms with van der Waals surface area (Å²) in [5.41, 5.74) is 0.269. The monoisotopic (exact) mass is 303 g/mol. The zero-order valence-electron chi connectivity index (χ0n) is 14.0. The minimum atomic E-state index is -2.71. The topological polar surface area (TPSA) is 96.2 Å². The van der Waals surface area contributed by atoms with Crippen LogP contribution in [0.1, 0.15) is 20.0 Å². The first-order valence-corrected chi connectivity index (χ1v) is 6.16. The van der Waals surface area contributed by atoms with Crippen molar-refractivity contribution in [3.05, 3.63) is 47.2 Å². The molecule has 0 saturated carbocycles. The Hall–Kier alpha value is -3.15. The normalized spacial score (nSPS) is 17.4. The van der Waals surface area contributed by atoms with E-state index in [1.807, 2.05) is 0 Å². The van der Waals surface area contributed by atoms with Crippen molar-refractivity contribution >= 4 is 11.9 Å². The Kier molecular flexibility index (Phi) is 2.40. The molecule has 0 unspecified atom stereocenters. The summed E-state index contributed by atoms with van der Waals surface area (Å²) in [7, 11) is -2.71. The zero-order chi connectivity index (χ0) is 18.4. The van der Waals surface area contributed by atoms with Gasteiger partial charge >= 0.3 is 0 Å². The van der Waals surface area contributed by atoms with Gasteiger partial charge < -0.3 is 24.8 Å². The van der Waals surface area contributed by atoms with E-state index in [4.69, 9.17) is 8.85 Å². The second-order valence-corrected chi connectivity index (χ2v) is 4.61. The second kappa shape index (κ2) is 5.00.